The van der Waals surface area contributed by atoms with Gasteiger partial charge >= 0.3 is 5.97 Å². The van der Waals surface area contributed by atoms with E-state index in [-0.39, 0.29) is 5.97 Å². The Labute approximate surface area is 179 Å². The lowest BCUT2D eigenvalue weighted by molar-refractivity contribution is -0.141. The van der Waals surface area contributed by atoms with E-state index in [1.165, 1.54) is 30.6 Å². The molecule has 0 radical (unpaired) electrons. The predicted octanol–water partition coefficient (Wildman–Crippen LogP) is 5.61. The van der Waals surface area contributed by atoms with E-state index in [0.29, 0.717) is 0 Å². The highest BCUT2D eigenvalue weighted by Gasteiger charge is 2.44. The van der Waals surface area contributed by atoms with Crippen molar-refractivity contribution < 1.29 is 19.0 Å². The lowest BCUT2D eigenvalue weighted by Crippen LogP contribution is -2.30. The van der Waals surface area contributed by atoms with Gasteiger partial charge in [-0.25, -0.2) is 4.79 Å². The Balaban J connectivity index is 2.06. The molecule has 4 nitrogen and oxygen atoms in total. The van der Waals surface area contributed by atoms with Gasteiger partial charge in [-0.3, -0.25) is 0 Å². The van der Waals surface area contributed by atoms with Crippen LogP contribution in [0.2, 0.25) is 0 Å². The summed E-state index contributed by atoms with van der Waals surface area (Å²) in [6, 6.07) is 25.0. The van der Waals surface area contributed by atoms with Crippen LogP contribution < -0.4 is 9.47 Å². The van der Waals surface area contributed by atoms with Gasteiger partial charge in [-0.15, -0.1) is 0 Å². The number of methoxy groups -OCH3 is 3. The molecule has 3 aromatic carbocycles. The molecule has 0 amide bonds. The zero-order valence-corrected chi connectivity index (χ0v) is 18.1. The van der Waals surface area contributed by atoms with Gasteiger partial charge in [-0.1, -0.05) is 53.9 Å². The van der Waals surface area contributed by atoms with E-state index in [1.54, 1.807) is 14.2 Å². The Morgan fingerprint density at radius 2 is 1.14 bits per heavy atom. The first-order valence-electron chi connectivity index (χ1n) is 8.91. The maximum Gasteiger partial charge on any atom is 0.337 e. The number of hydrogen-bond acceptors (Lipinski definition) is 6. The molecular formula is C23H22O4S2. The molecule has 0 bridgehead atoms. The third-order valence-electron chi connectivity index (χ3n) is 4.25. The van der Waals surface area contributed by atoms with Gasteiger partial charge < -0.3 is 14.2 Å². The van der Waals surface area contributed by atoms with Crippen LogP contribution in [-0.4, -0.2) is 27.3 Å². The molecule has 0 saturated heterocycles. The molecule has 0 unspecified atom stereocenters. The highest BCUT2D eigenvalue weighted by molar-refractivity contribution is 8.18. The van der Waals surface area contributed by atoms with Crippen molar-refractivity contribution in [3.8, 4) is 11.5 Å². The summed E-state index contributed by atoms with van der Waals surface area (Å²) in [6.07, 6.45) is 0. The molecule has 0 heterocycles. The lowest BCUT2D eigenvalue weighted by Gasteiger charge is -2.30. The first kappa shape index (κ1) is 21.1. The normalized spacial score (nSPS) is 11.0. The molecule has 0 fully saturated rings. The Morgan fingerprint density at radius 3 is 1.52 bits per heavy atom. The van der Waals surface area contributed by atoms with Crippen LogP contribution in [0.3, 0.4) is 0 Å². The SMILES string of the molecule is COC(=O)C(Sc1ccc(OC)cc1)(Sc1ccc(OC)cc1)c1ccccc1. The second kappa shape index (κ2) is 9.76. The monoisotopic (exact) mass is 426 g/mol. The summed E-state index contributed by atoms with van der Waals surface area (Å²) in [4.78, 5) is 15.0. The van der Waals surface area contributed by atoms with Gasteiger partial charge in [0.1, 0.15) is 11.5 Å². The topological polar surface area (TPSA) is 44.8 Å². The zero-order chi connectivity index (χ0) is 20.7. The molecule has 6 heteroatoms. The number of thioether (sulfide) groups is 2. The zero-order valence-electron chi connectivity index (χ0n) is 16.5. The van der Waals surface area contributed by atoms with Crippen LogP contribution in [0.25, 0.3) is 0 Å². The lowest BCUT2D eigenvalue weighted by atomic mass is 10.1. The van der Waals surface area contributed by atoms with Crippen molar-refractivity contribution in [3.05, 3.63) is 84.4 Å². The predicted molar refractivity (Wildman–Crippen MR) is 118 cm³/mol. The van der Waals surface area contributed by atoms with Crippen LogP contribution in [0.4, 0.5) is 0 Å². The van der Waals surface area contributed by atoms with Crippen molar-refractivity contribution >= 4 is 29.5 Å². The summed E-state index contributed by atoms with van der Waals surface area (Å²) in [6.45, 7) is 0. The van der Waals surface area contributed by atoms with E-state index in [2.05, 4.69) is 0 Å². The number of esters is 1. The Kier molecular flexibility index (Phi) is 7.12. The van der Waals surface area contributed by atoms with Crippen LogP contribution in [0.5, 0.6) is 11.5 Å². The highest BCUT2D eigenvalue weighted by Crippen LogP contribution is 2.54. The van der Waals surface area contributed by atoms with E-state index >= 15 is 0 Å². The van der Waals surface area contributed by atoms with Gasteiger partial charge in [0, 0.05) is 9.79 Å². The van der Waals surface area contributed by atoms with Crippen LogP contribution in [0.15, 0.2) is 88.7 Å². The van der Waals surface area contributed by atoms with Gasteiger partial charge in [-0.2, -0.15) is 0 Å². The van der Waals surface area contributed by atoms with Crippen molar-refractivity contribution in [3.63, 3.8) is 0 Å². The summed E-state index contributed by atoms with van der Waals surface area (Å²) in [7, 11) is 4.68. The minimum Gasteiger partial charge on any atom is -0.497 e. The molecule has 3 rings (SSSR count). The second-order valence-corrected chi connectivity index (χ2v) is 8.86. The summed E-state index contributed by atoms with van der Waals surface area (Å²) in [5.41, 5.74) is 0.855. The summed E-state index contributed by atoms with van der Waals surface area (Å²) < 4.78 is 14.8. The fraction of sp³-hybridized carbons (Fsp3) is 0.174. The van der Waals surface area contributed by atoms with Crippen LogP contribution in [0.1, 0.15) is 5.56 Å². The van der Waals surface area contributed by atoms with E-state index in [1.807, 2.05) is 78.9 Å². The molecule has 0 N–H and O–H groups in total. The summed E-state index contributed by atoms with van der Waals surface area (Å²) in [5.74, 6) is 1.20. The quantitative estimate of drug-likeness (QED) is 0.265. The van der Waals surface area contributed by atoms with E-state index in [4.69, 9.17) is 14.2 Å². The molecule has 0 aromatic heterocycles. The maximum atomic E-state index is 13.2. The van der Waals surface area contributed by atoms with Crippen molar-refractivity contribution in [2.45, 2.75) is 13.9 Å². The Hall–Kier alpha value is -2.57. The van der Waals surface area contributed by atoms with Crippen molar-refractivity contribution in [1.29, 1.82) is 0 Å². The maximum absolute atomic E-state index is 13.2. The molecule has 29 heavy (non-hydrogen) atoms. The Morgan fingerprint density at radius 1 is 0.690 bits per heavy atom. The molecular weight excluding hydrogens is 404 g/mol. The van der Waals surface area contributed by atoms with Crippen LogP contribution in [-0.2, 0) is 13.6 Å². The van der Waals surface area contributed by atoms with Gasteiger partial charge in [0.05, 0.1) is 21.3 Å². The third kappa shape index (κ3) is 4.89. The summed E-state index contributed by atoms with van der Waals surface area (Å²) >= 11 is 2.90. The molecule has 0 saturated carbocycles. The smallest absolute Gasteiger partial charge is 0.337 e. The Bertz CT molecular complexity index is 876. The largest absolute Gasteiger partial charge is 0.497 e. The number of carbonyl (C=O) groups excluding carboxylic acids is 1. The van der Waals surface area contributed by atoms with E-state index in [9.17, 15) is 4.79 Å². The van der Waals surface area contributed by atoms with Crippen molar-refractivity contribution in [1.82, 2.24) is 0 Å². The minimum atomic E-state index is -1.01. The molecule has 0 aliphatic rings. The van der Waals surface area contributed by atoms with E-state index in [0.717, 1.165) is 26.9 Å². The molecule has 3 aromatic rings. The van der Waals surface area contributed by atoms with Crippen LogP contribution in [0, 0.1) is 0 Å². The number of rotatable bonds is 8. The fourth-order valence-corrected chi connectivity index (χ4v) is 5.54. The first-order chi connectivity index (χ1) is 14.1. The van der Waals surface area contributed by atoms with Crippen molar-refractivity contribution in [2.75, 3.05) is 21.3 Å². The van der Waals surface area contributed by atoms with Gasteiger partial charge in [0.15, 0.2) is 4.08 Å². The molecule has 0 spiro atoms. The second-order valence-electron chi connectivity index (χ2n) is 6.03. The molecule has 0 aliphatic carbocycles. The number of ether oxygens (including phenoxy) is 3. The number of benzene rings is 3. The van der Waals surface area contributed by atoms with Crippen LogP contribution >= 0.6 is 23.5 Å². The fourth-order valence-electron chi connectivity index (χ4n) is 2.75. The first-order valence-corrected chi connectivity index (χ1v) is 10.5. The average molecular weight is 427 g/mol. The molecule has 0 aliphatic heterocycles. The third-order valence-corrected chi connectivity index (χ3v) is 7.15. The van der Waals surface area contributed by atoms with Gasteiger partial charge in [0.25, 0.3) is 0 Å². The van der Waals surface area contributed by atoms with Gasteiger partial charge in [-0.05, 0) is 54.1 Å². The van der Waals surface area contributed by atoms with E-state index < -0.39 is 4.08 Å². The molecule has 0 atom stereocenters. The molecule has 150 valence electrons. The number of carbonyl (C=O) groups is 1. The summed E-state index contributed by atoms with van der Waals surface area (Å²) in [5, 5.41) is 0. The minimum absolute atomic E-state index is 0.328. The highest BCUT2D eigenvalue weighted by atomic mass is 32.2. The number of hydrogen-bond donors (Lipinski definition) is 0. The van der Waals surface area contributed by atoms with Gasteiger partial charge in [0.2, 0.25) is 0 Å². The standard InChI is InChI=1S/C23H22O4S2/c1-25-18-9-13-20(14-10-18)28-23(22(24)27-3,17-7-5-4-6-8-17)29-21-15-11-19(26-2)12-16-21/h4-16H,1-3H3. The average Bonchev–Trinajstić information content (AvgIpc) is 2.79. The van der Waals surface area contributed by atoms with Crippen molar-refractivity contribution in [2.24, 2.45) is 0 Å².